The number of allylic oxidation sites excluding steroid dienone is 1. The minimum atomic E-state index is -1.07. The minimum Gasteiger partial charge on any atom is -0.484 e. The van der Waals surface area contributed by atoms with Crippen LogP contribution in [-0.4, -0.2) is 66.7 Å². The third-order valence-electron chi connectivity index (χ3n) is 6.17. The maximum atomic E-state index is 13.5. The standard InChI is InChI=1S/C23H31N3O6S/c1-23(2,3)18(25-22(30)32-5)20(27)26-11-14(10-17(26)21(28)29)15-6-7-16(24-19(15)31-4)13-8-9-33-12-13/h7-9,12,14-15,17-18H,6,10-11H2,1-5H3,(H,25,30)(H,28,29)/t14-,15?,17+,18-/m1/s1. The van der Waals surface area contributed by atoms with Gasteiger partial charge in [0.05, 0.1) is 19.9 Å². The number of carbonyl (C=O) groups is 3. The highest BCUT2D eigenvalue weighted by Gasteiger charge is 2.47. The highest BCUT2D eigenvalue weighted by Crippen LogP contribution is 2.37. The first-order chi connectivity index (χ1) is 15.6. The molecule has 3 heterocycles. The molecular formula is C23H31N3O6S. The maximum Gasteiger partial charge on any atom is 0.407 e. The van der Waals surface area contributed by atoms with Gasteiger partial charge in [-0.3, -0.25) is 4.79 Å². The molecule has 2 N–H and O–H groups in total. The Hall–Kier alpha value is -2.88. The van der Waals surface area contributed by atoms with Gasteiger partial charge in [-0.15, -0.1) is 0 Å². The van der Waals surface area contributed by atoms with Crippen LogP contribution >= 0.6 is 11.3 Å². The van der Waals surface area contributed by atoms with Crippen molar-refractivity contribution in [2.45, 2.75) is 45.7 Å². The maximum absolute atomic E-state index is 13.5. The summed E-state index contributed by atoms with van der Waals surface area (Å²) >= 11 is 1.59. The van der Waals surface area contributed by atoms with E-state index in [0.717, 1.165) is 11.3 Å². The van der Waals surface area contributed by atoms with Gasteiger partial charge in [0.1, 0.15) is 12.1 Å². The summed E-state index contributed by atoms with van der Waals surface area (Å²) in [6, 6.07) is 0.0649. The molecular weight excluding hydrogens is 446 g/mol. The second kappa shape index (κ2) is 9.94. The van der Waals surface area contributed by atoms with Gasteiger partial charge in [-0.25, -0.2) is 14.6 Å². The normalized spacial score (nSPS) is 23.9. The summed E-state index contributed by atoms with van der Waals surface area (Å²) in [4.78, 5) is 43.4. The van der Waals surface area contributed by atoms with Crippen LogP contribution in [0.25, 0.3) is 5.70 Å². The summed E-state index contributed by atoms with van der Waals surface area (Å²) in [5.41, 5.74) is 1.20. The Bertz CT molecular complexity index is 950. The smallest absolute Gasteiger partial charge is 0.407 e. The SMILES string of the molecule is COC(=O)N[C@H](C(=O)N1C[C@H](C2CC=C(c3ccsc3)N=C2OC)C[C@H]1C(=O)O)C(C)(C)C. The number of aliphatic carboxylic acids is 1. The van der Waals surface area contributed by atoms with E-state index in [-0.39, 0.29) is 24.8 Å². The van der Waals surface area contributed by atoms with Crippen molar-refractivity contribution in [2.75, 3.05) is 20.8 Å². The number of hydrogen-bond acceptors (Lipinski definition) is 7. The van der Waals surface area contributed by atoms with Crippen LogP contribution in [0.1, 0.15) is 39.2 Å². The number of methoxy groups -OCH3 is 2. The highest BCUT2D eigenvalue weighted by atomic mass is 32.1. The lowest BCUT2D eigenvalue weighted by molar-refractivity contribution is -0.150. The van der Waals surface area contributed by atoms with E-state index in [1.54, 1.807) is 18.4 Å². The number of carbonyl (C=O) groups excluding carboxylic acids is 2. The molecule has 1 saturated heterocycles. The van der Waals surface area contributed by atoms with Gasteiger partial charge < -0.3 is 24.8 Å². The number of carboxylic acids is 1. The van der Waals surface area contributed by atoms with Gasteiger partial charge in [0.25, 0.3) is 0 Å². The molecule has 3 rings (SSSR count). The van der Waals surface area contributed by atoms with Gasteiger partial charge in [-0.1, -0.05) is 26.8 Å². The largest absolute Gasteiger partial charge is 0.484 e. The summed E-state index contributed by atoms with van der Waals surface area (Å²) < 4.78 is 10.3. The average Bonchev–Trinajstić information content (AvgIpc) is 3.46. The molecule has 0 aliphatic carbocycles. The molecule has 2 aliphatic heterocycles. The molecule has 33 heavy (non-hydrogen) atoms. The van der Waals surface area contributed by atoms with Crippen LogP contribution in [0.3, 0.4) is 0 Å². The van der Waals surface area contributed by atoms with E-state index in [0.29, 0.717) is 12.3 Å². The van der Waals surface area contributed by atoms with E-state index in [9.17, 15) is 19.5 Å². The third kappa shape index (κ3) is 5.38. The molecule has 1 aromatic rings. The molecule has 0 aromatic carbocycles. The number of amides is 2. The number of ether oxygens (including phenoxy) is 2. The summed E-state index contributed by atoms with van der Waals surface area (Å²) in [5, 5.41) is 16.4. The lowest BCUT2D eigenvalue weighted by Crippen LogP contribution is -2.56. The Morgan fingerprint density at radius 3 is 2.58 bits per heavy atom. The van der Waals surface area contributed by atoms with Gasteiger partial charge in [0.15, 0.2) is 5.90 Å². The summed E-state index contributed by atoms with van der Waals surface area (Å²) in [6.07, 6.45) is 2.22. The van der Waals surface area contributed by atoms with E-state index in [1.165, 1.54) is 12.0 Å². The number of nitrogens with zero attached hydrogens (tertiary/aromatic N) is 2. The summed E-state index contributed by atoms with van der Waals surface area (Å²) in [5.74, 6) is -1.25. The Kier molecular flexibility index (Phi) is 7.46. The molecule has 0 radical (unpaired) electrons. The Morgan fingerprint density at radius 2 is 2.03 bits per heavy atom. The number of thiophene rings is 1. The van der Waals surface area contributed by atoms with Crippen molar-refractivity contribution in [3.05, 3.63) is 28.5 Å². The predicted octanol–water partition coefficient (Wildman–Crippen LogP) is 3.23. The van der Waals surface area contributed by atoms with E-state index in [2.05, 4.69) is 15.0 Å². The molecule has 180 valence electrons. The van der Waals surface area contributed by atoms with Crippen molar-refractivity contribution in [3.8, 4) is 0 Å². The zero-order valence-electron chi connectivity index (χ0n) is 19.5. The van der Waals surface area contributed by atoms with Gasteiger partial charge in [-0.2, -0.15) is 11.3 Å². The monoisotopic (exact) mass is 477 g/mol. The molecule has 9 nitrogen and oxygen atoms in total. The van der Waals surface area contributed by atoms with Crippen LogP contribution in [0.4, 0.5) is 4.79 Å². The molecule has 2 aliphatic rings. The van der Waals surface area contributed by atoms with Crippen LogP contribution in [0, 0.1) is 17.3 Å². The molecule has 10 heteroatoms. The Labute approximate surface area is 197 Å². The van der Waals surface area contributed by atoms with Crippen LogP contribution in [-0.2, 0) is 19.1 Å². The van der Waals surface area contributed by atoms with Crippen molar-refractivity contribution in [1.82, 2.24) is 10.2 Å². The fourth-order valence-corrected chi connectivity index (χ4v) is 5.05. The molecule has 0 spiro atoms. The number of carboxylic acid groups (broad SMARTS) is 1. The number of alkyl carbamates (subject to hydrolysis) is 1. The fraction of sp³-hybridized carbons (Fsp3) is 0.565. The lowest BCUT2D eigenvalue weighted by Gasteiger charge is -2.34. The van der Waals surface area contributed by atoms with Gasteiger partial charge in [0.2, 0.25) is 5.91 Å². The first-order valence-corrected chi connectivity index (χ1v) is 11.7. The van der Waals surface area contributed by atoms with Gasteiger partial charge in [0, 0.05) is 23.4 Å². The van der Waals surface area contributed by atoms with Crippen LogP contribution in [0.15, 0.2) is 27.9 Å². The number of hydrogen-bond donors (Lipinski definition) is 2. The number of likely N-dealkylation sites (tertiary alicyclic amines) is 1. The molecule has 1 unspecified atom stereocenters. The van der Waals surface area contributed by atoms with E-state index < -0.39 is 35.5 Å². The van der Waals surface area contributed by atoms with Crippen molar-refractivity contribution >= 4 is 40.9 Å². The Balaban J connectivity index is 1.83. The van der Waals surface area contributed by atoms with Crippen molar-refractivity contribution in [1.29, 1.82) is 0 Å². The zero-order chi connectivity index (χ0) is 24.3. The first kappa shape index (κ1) is 24.8. The zero-order valence-corrected chi connectivity index (χ0v) is 20.3. The highest BCUT2D eigenvalue weighted by molar-refractivity contribution is 7.08. The Morgan fingerprint density at radius 1 is 1.30 bits per heavy atom. The van der Waals surface area contributed by atoms with E-state index in [1.807, 2.05) is 43.7 Å². The number of aliphatic imine (C=N–C) groups is 1. The van der Waals surface area contributed by atoms with Crippen LogP contribution in [0.2, 0.25) is 0 Å². The van der Waals surface area contributed by atoms with Gasteiger partial charge in [-0.05, 0) is 35.6 Å². The van der Waals surface area contributed by atoms with Crippen molar-refractivity contribution in [2.24, 2.45) is 22.2 Å². The van der Waals surface area contributed by atoms with Crippen LogP contribution in [0.5, 0.6) is 0 Å². The predicted molar refractivity (Wildman–Crippen MR) is 125 cm³/mol. The molecule has 0 saturated carbocycles. The fourth-order valence-electron chi connectivity index (χ4n) is 4.40. The first-order valence-electron chi connectivity index (χ1n) is 10.8. The second-order valence-corrected chi connectivity index (χ2v) is 10.2. The van der Waals surface area contributed by atoms with Gasteiger partial charge >= 0.3 is 12.1 Å². The quantitative estimate of drug-likeness (QED) is 0.672. The molecule has 2 amide bonds. The average molecular weight is 478 g/mol. The van der Waals surface area contributed by atoms with Crippen molar-refractivity contribution < 1.29 is 29.0 Å². The molecule has 1 aromatic heterocycles. The third-order valence-corrected chi connectivity index (χ3v) is 6.85. The number of rotatable bonds is 5. The second-order valence-electron chi connectivity index (χ2n) is 9.37. The molecule has 0 bridgehead atoms. The minimum absolute atomic E-state index is 0.140. The van der Waals surface area contributed by atoms with E-state index in [4.69, 9.17) is 4.74 Å². The van der Waals surface area contributed by atoms with E-state index >= 15 is 0 Å². The van der Waals surface area contributed by atoms with Crippen molar-refractivity contribution in [3.63, 3.8) is 0 Å². The number of nitrogens with one attached hydrogen (secondary N) is 1. The molecule has 1 fully saturated rings. The topological polar surface area (TPSA) is 118 Å². The lowest BCUT2D eigenvalue weighted by atomic mass is 9.85. The molecule has 4 atom stereocenters. The van der Waals surface area contributed by atoms with Crippen LogP contribution < -0.4 is 5.32 Å². The summed E-state index contributed by atoms with van der Waals surface area (Å²) in [6.45, 7) is 5.66. The summed E-state index contributed by atoms with van der Waals surface area (Å²) in [7, 11) is 2.78.